The third-order valence-electron chi connectivity index (χ3n) is 4.14. The summed E-state index contributed by atoms with van der Waals surface area (Å²) in [6.07, 6.45) is 6.09. The standard InChI is InChI=1S/C16H23NO3/c1-11-2-4-12(5-3-11)6-7-17-16(20)13-8-14(18)10-15(19)9-13/h8-12,18-19H,2-7H2,1H3,(H,17,20). The second kappa shape index (κ2) is 6.64. The first-order valence-electron chi connectivity index (χ1n) is 7.36. The molecule has 0 radical (unpaired) electrons. The van der Waals surface area contributed by atoms with E-state index in [0.29, 0.717) is 18.0 Å². The van der Waals surface area contributed by atoms with E-state index in [1.165, 1.54) is 43.9 Å². The third-order valence-corrected chi connectivity index (χ3v) is 4.14. The van der Waals surface area contributed by atoms with Crippen LogP contribution in [0.1, 0.15) is 49.4 Å². The third kappa shape index (κ3) is 4.15. The number of rotatable bonds is 4. The molecule has 3 N–H and O–H groups in total. The van der Waals surface area contributed by atoms with E-state index in [9.17, 15) is 15.0 Å². The summed E-state index contributed by atoms with van der Waals surface area (Å²) in [4.78, 5) is 11.9. The molecule has 1 saturated carbocycles. The average molecular weight is 277 g/mol. The molecular weight excluding hydrogens is 254 g/mol. The van der Waals surface area contributed by atoms with Gasteiger partial charge in [-0.2, -0.15) is 0 Å². The second-order valence-corrected chi connectivity index (χ2v) is 5.91. The van der Waals surface area contributed by atoms with Crippen molar-refractivity contribution in [2.45, 2.75) is 39.0 Å². The molecule has 4 nitrogen and oxygen atoms in total. The summed E-state index contributed by atoms with van der Waals surface area (Å²) in [6.45, 7) is 2.95. The Kier molecular flexibility index (Phi) is 4.88. The van der Waals surface area contributed by atoms with Gasteiger partial charge >= 0.3 is 0 Å². The van der Waals surface area contributed by atoms with Crippen molar-refractivity contribution in [1.82, 2.24) is 5.32 Å². The molecule has 0 heterocycles. The number of phenols is 2. The highest BCUT2D eigenvalue weighted by atomic mass is 16.3. The van der Waals surface area contributed by atoms with Gasteiger partial charge in [0.15, 0.2) is 0 Å². The molecule has 0 unspecified atom stereocenters. The van der Waals surface area contributed by atoms with Crippen LogP contribution in [-0.4, -0.2) is 22.7 Å². The van der Waals surface area contributed by atoms with Crippen molar-refractivity contribution in [2.24, 2.45) is 11.8 Å². The van der Waals surface area contributed by atoms with Crippen molar-refractivity contribution in [3.8, 4) is 11.5 Å². The van der Waals surface area contributed by atoms with Crippen LogP contribution in [-0.2, 0) is 0 Å². The lowest BCUT2D eigenvalue weighted by Gasteiger charge is -2.26. The largest absolute Gasteiger partial charge is 0.508 e. The van der Waals surface area contributed by atoms with Gasteiger partial charge in [-0.25, -0.2) is 0 Å². The molecule has 1 aliphatic carbocycles. The number of amides is 1. The Labute approximate surface area is 119 Å². The number of nitrogens with one attached hydrogen (secondary N) is 1. The van der Waals surface area contributed by atoms with Crippen LogP contribution < -0.4 is 5.32 Å². The molecule has 0 aromatic heterocycles. The van der Waals surface area contributed by atoms with Crippen molar-refractivity contribution < 1.29 is 15.0 Å². The minimum Gasteiger partial charge on any atom is -0.508 e. The summed E-state index contributed by atoms with van der Waals surface area (Å²) in [5.74, 6) is 1.11. The first-order chi connectivity index (χ1) is 9.54. The summed E-state index contributed by atoms with van der Waals surface area (Å²) >= 11 is 0. The molecule has 2 rings (SSSR count). The Hall–Kier alpha value is -1.71. The van der Waals surface area contributed by atoms with Gasteiger partial charge in [0.2, 0.25) is 0 Å². The highest BCUT2D eigenvalue weighted by Gasteiger charge is 2.18. The lowest BCUT2D eigenvalue weighted by atomic mass is 9.81. The van der Waals surface area contributed by atoms with Crippen molar-refractivity contribution in [3.63, 3.8) is 0 Å². The van der Waals surface area contributed by atoms with E-state index in [2.05, 4.69) is 12.2 Å². The Bertz CT molecular complexity index is 445. The Morgan fingerprint density at radius 3 is 2.35 bits per heavy atom. The molecular formula is C16H23NO3. The van der Waals surface area contributed by atoms with Gasteiger partial charge in [-0.15, -0.1) is 0 Å². The zero-order chi connectivity index (χ0) is 14.5. The predicted octanol–water partition coefficient (Wildman–Crippen LogP) is 3.04. The Balaban J connectivity index is 1.77. The number of carbonyl (C=O) groups is 1. The van der Waals surface area contributed by atoms with Crippen LogP contribution in [0, 0.1) is 11.8 Å². The van der Waals surface area contributed by atoms with Crippen LogP contribution in [0.4, 0.5) is 0 Å². The van der Waals surface area contributed by atoms with Gasteiger partial charge in [-0.3, -0.25) is 4.79 Å². The highest BCUT2D eigenvalue weighted by molar-refractivity contribution is 5.95. The van der Waals surface area contributed by atoms with E-state index in [1.54, 1.807) is 0 Å². The maximum absolute atomic E-state index is 11.9. The van der Waals surface area contributed by atoms with Crippen LogP contribution in [0.3, 0.4) is 0 Å². The van der Waals surface area contributed by atoms with Crippen molar-refractivity contribution in [2.75, 3.05) is 6.54 Å². The summed E-state index contributed by atoms with van der Waals surface area (Å²) in [5.41, 5.74) is 0.291. The number of hydrogen-bond acceptors (Lipinski definition) is 3. The van der Waals surface area contributed by atoms with Gasteiger partial charge in [-0.1, -0.05) is 32.6 Å². The molecule has 1 aromatic carbocycles. The first-order valence-corrected chi connectivity index (χ1v) is 7.36. The monoisotopic (exact) mass is 277 g/mol. The fourth-order valence-electron chi connectivity index (χ4n) is 2.84. The van der Waals surface area contributed by atoms with Crippen molar-refractivity contribution in [1.29, 1.82) is 0 Å². The summed E-state index contributed by atoms with van der Waals surface area (Å²) in [5, 5.41) is 21.6. The van der Waals surface area contributed by atoms with Gasteiger partial charge in [-0.05, 0) is 30.4 Å². The topological polar surface area (TPSA) is 69.6 Å². The predicted molar refractivity (Wildman–Crippen MR) is 77.8 cm³/mol. The van der Waals surface area contributed by atoms with Crippen LogP contribution in [0.5, 0.6) is 11.5 Å². The second-order valence-electron chi connectivity index (χ2n) is 5.91. The maximum atomic E-state index is 11.9. The highest BCUT2D eigenvalue weighted by Crippen LogP contribution is 2.30. The molecule has 4 heteroatoms. The molecule has 20 heavy (non-hydrogen) atoms. The summed E-state index contributed by atoms with van der Waals surface area (Å²) in [6, 6.07) is 3.93. The molecule has 0 saturated heterocycles. The van der Waals surface area contributed by atoms with E-state index < -0.39 is 0 Å². The van der Waals surface area contributed by atoms with Crippen LogP contribution in [0.2, 0.25) is 0 Å². The lowest BCUT2D eigenvalue weighted by molar-refractivity contribution is 0.0949. The molecule has 1 amide bonds. The number of hydrogen-bond donors (Lipinski definition) is 3. The molecule has 1 aliphatic rings. The van der Waals surface area contributed by atoms with E-state index in [4.69, 9.17) is 0 Å². The molecule has 1 fully saturated rings. The van der Waals surface area contributed by atoms with Gasteiger partial charge < -0.3 is 15.5 Å². The van der Waals surface area contributed by atoms with Crippen molar-refractivity contribution >= 4 is 5.91 Å². The van der Waals surface area contributed by atoms with E-state index in [-0.39, 0.29) is 17.4 Å². The number of benzene rings is 1. The molecule has 0 aliphatic heterocycles. The minimum absolute atomic E-state index is 0.101. The van der Waals surface area contributed by atoms with Crippen molar-refractivity contribution in [3.05, 3.63) is 23.8 Å². The number of aromatic hydroxyl groups is 2. The fraction of sp³-hybridized carbons (Fsp3) is 0.562. The molecule has 0 spiro atoms. The minimum atomic E-state index is -0.250. The zero-order valence-electron chi connectivity index (χ0n) is 11.9. The normalized spacial score (nSPS) is 22.4. The van der Waals surface area contributed by atoms with E-state index in [1.807, 2.05) is 0 Å². The van der Waals surface area contributed by atoms with E-state index in [0.717, 1.165) is 12.3 Å². The van der Waals surface area contributed by atoms with Gasteiger partial charge in [0.05, 0.1) is 0 Å². The fourth-order valence-corrected chi connectivity index (χ4v) is 2.84. The molecule has 0 atom stereocenters. The maximum Gasteiger partial charge on any atom is 0.251 e. The molecule has 0 bridgehead atoms. The van der Waals surface area contributed by atoms with Crippen LogP contribution in [0.15, 0.2) is 18.2 Å². The molecule has 110 valence electrons. The number of carbonyl (C=O) groups excluding carboxylic acids is 1. The smallest absolute Gasteiger partial charge is 0.251 e. The quantitative estimate of drug-likeness (QED) is 0.792. The van der Waals surface area contributed by atoms with Gasteiger partial charge in [0.1, 0.15) is 11.5 Å². The van der Waals surface area contributed by atoms with Gasteiger partial charge in [0, 0.05) is 18.2 Å². The Morgan fingerprint density at radius 1 is 1.15 bits per heavy atom. The van der Waals surface area contributed by atoms with Crippen LogP contribution in [0.25, 0.3) is 0 Å². The Morgan fingerprint density at radius 2 is 1.75 bits per heavy atom. The zero-order valence-corrected chi connectivity index (χ0v) is 11.9. The lowest BCUT2D eigenvalue weighted by Crippen LogP contribution is -2.26. The SMILES string of the molecule is CC1CCC(CCNC(=O)c2cc(O)cc(O)c2)CC1. The van der Waals surface area contributed by atoms with Gasteiger partial charge in [0.25, 0.3) is 5.91 Å². The van der Waals surface area contributed by atoms with E-state index >= 15 is 0 Å². The van der Waals surface area contributed by atoms with Crippen LogP contribution >= 0.6 is 0 Å². The molecule has 1 aromatic rings. The average Bonchev–Trinajstić information content (AvgIpc) is 2.40. The summed E-state index contributed by atoms with van der Waals surface area (Å²) < 4.78 is 0. The first kappa shape index (κ1) is 14.7. The number of phenolic OH excluding ortho intramolecular Hbond substituents is 2. The summed E-state index contributed by atoms with van der Waals surface area (Å²) in [7, 11) is 0.